The Morgan fingerprint density at radius 3 is 2.39 bits per heavy atom. The first-order chi connectivity index (χ1) is 17.3. The minimum absolute atomic E-state index is 0.200. The van der Waals surface area contributed by atoms with E-state index in [1.165, 1.54) is 19.3 Å². The number of rotatable bonds is 19. The van der Waals surface area contributed by atoms with E-state index in [0.717, 1.165) is 64.4 Å². The number of hydrogen-bond donors (Lipinski definition) is 1. The van der Waals surface area contributed by atoms with Crippen molar-refractivity contribution in [2.75, 3.05) is 6.61 Å². The Morgan fingerprint density at radius 2 is 1.72 bits per heavy atom. The summed E-state index contributed by atoms with van der Waals surface area (Å²) in [5, 5.41) is 11.2. The van der Waals surface area contributed by atoms with Crippen molar-refractivity contribution in [1.29, 1.82) is 0 Å². The maximum Gasteiger partial charge on any atom is 0.312 e. The molecule has 210 valence electrons. The van der Waals surface area contributed by atoms with Gasteiger partial charge in [-0.25, -0.2) is 0 Å². The van der Waals surface area contributed by atoms with Crippen molar-refractivity contribution in [3.63, 3.8) is 0 Å². The number of aliphatic hydroxyl groups excluding tert-OH is 1. The fourth-order valence-corrected chi connectivity index (χ4v) is 4.46. The van der Waals surface area contributed by atoms with Gasteiger partial charge in [0.05, 0.1) is 18.1 Å². The third kappa shape index (κ3) is 16.6. The van der Waals surface area contributed by atoms with Crippen LogP contribution in [-0.4, -0.2) is 41.8 Å². The van der Waals surface area contributed by atoms with Gasteiger partial charge in [-0.05, 0) is 72.1 Å². The van der Waals surface area contributed by atoms with Gasteiger partial charge >= 0.3 is 5.97 Å². The highest BCUT2D eigenvalue weighted by molar-refractivity contribution is 5.73. The number of carbonyl (C=O) groups excluding carboxylic acids is 1. The van der Waals surface area contributed by atoms with Crippen LogP contribution in [0, 0.1) is 5.92 Å². The largest absolute Gasteiger partial charge is 0.460 e. The van der Waals surface area contributed by atoms with Gasteiger partial charge in [-0.1, -0.05) is 76.7 Å². The monoisotopic (exact) mass is 508 g/mol. The van der Waals surface area contributed by atoms with E-state index in [0.29, 0.717) is 19.3 Å². The van der Waals surface area contributed by atoms with Crippen molar-refractivity contribution in [3.05, 3.63) is 24.3 Å². The van der Waals surface area contributed by atoms with Gasteiger partial charge in [0.1, 0.15) is 5.60 Å². The Labute approximate surface area is 222 Å². The zero-order valence-electron chi connectivity index (χ0n) is 24.0. The molecule has 1 aliphatic rings. The van der Waals surface area contributed by atoms with Crippen molar-refractivity contribution in [1.82, 2.24) is 0 Å². The minimum atomic E-state index is -0.804. The molecule has 3 unspecified atom stereocenters. The highest BCUT2D eigenvalue weighted by Crippen LogP contribution is 2.26. The molecule has 0 aliphatic carbocycles. The SMILES string of the molecule is CCCCCC=CCC=CCC(CC(O)C(CCCCCC)C(=O)OC(C)(C)C)O[C@@H]1CCCCO1. The molecule has 1 aliphatic heterocycles. The summed E-state index contributed by atoms with van der Waals surface area (Å²) in [4.78, 5) is 13.0. The van der Waals surface area contributed by atoms with Gasteiger partial charge in [0.15, 0.2) is 6.29 Å². The smallest absolute Gasteiger partial charge is 0.312 e. The van der Waals surface area contributed by atoms with Crippen molar-refractivity contribution in [3.8, 4) is 0 Å². The Morgan fingerprint density at radius 1 is 1.00 bits per heavy atom. The van der Waals surface area contributed by atoms with Crippen LogP contribution in [0.5, 0.6) is 0 Å². The molecule has 0 aromatic heterocycles. The molecule has 5 heteroatoms. The Kier molecular flexibility index (Phi) is 18.1. The quantitative estimate of drug-likeness (QED) is 0.109. The van der Waals surface area contributed by atoms with Gasteiger partial charge in [-0.15, -0.1) is 0 Å². The first kappa shape index (κ1) is 32.9. The standard InChI is InChI=1S/C31H56O5/c1-6-8-10-12-13-14-15-16-17-21-26(35-29-23-19-20-24-34-29)25-28(32)27(22-18-11-9-7-2)30(33)36-31(3,4)5/h13-14,16-17,26-29,32H,6-12,15,18-25H2,1-5H3/t26?,27?,28?,29-/m1/s1. The van der Waals surface area contributed by atoms with Gasteiger partial charge in [-0.3, -0.25) is 4.79 Å². The predicted octanol–water partition coefficient (Wildman–Crippen LogP) is 8.05. The van der Waals surface area contributed by atoms with Crippen LogP contribution in [0.4, 0.5) is 0 Å². The second-order valence-electron chi connectivity index (χ2n) is 11.3. The highest BCUT2D eigenvalue weighted by atomic mass is 16.7. The normalized spacial score (nSPS) is 19.6. The molecular weight excluding hydrogens is 452 g/mol. The summed E-state index contributed by atoms with van der Waals surface area (Å²) in [5.74, 6) is -0.836. The molecule has 5 nitrogen and oxygen atoms in total. The van der Waals surface area contributed by atoms with Crippen LogP contribution in [0.3, 0.4) is 0 Å². The number of esters is 1. The third-order valence-corrected chi connectivity index (χ3v) is 6.51. The van der Waals surface area contributed by atoms with Crippen molar-refractivity contribution in [2.24, 2.45) is 5.92 Å². The second-order valence-corrected chi connectivity index (χ2v) is 11.3. The summed E-state index contributed by atoms with van der Waals surface area (Å²) in [5.41, 5.74) is -0.572. The summed E-state index contributed by atoms with van der Waals surface area (Å²) in [7, 11) is 0. The van der Waals surface area contributed by atoms with Gasteiger partial charge in [-0.2, -0.15) is 0 Å². The number of carbonyl (C=O) groups is 1. The van der Waals surface area contributed by atoms with Crippen molar-refractivity contribution < 1.29 is 24.1 Å². The fraction of sp³-hybridized carbons (Fsp3) is 0.839. The van der Waals surface area contributed by atoms with E-state index in [1.807, 2.05) is 20.8 Å². The van der Waals surface area contributed by atoms with Gasteiger partial charge in [0, 0.05) is 13.0 Å². The molecule has 1 N–H and O–H groups in total. The molecule has 0 aromatic rings. The molecule has 0 aromatic carbocycles. The molecule has 0 saturated carbocycles. The molecule has 36 heavy (non-hydrogen) atoms. The van der Waals surface area contributed by atoms with Crippen molar-refractivity contribution >= 4 is 5.97 Å². The van der Waals surface area contributed by atoms with Gasteiger partial charge < -0.3 is 19.3 Å². The molecule has 0 spiro atoms. The first-order valence-electron chi connectivity index (χ1n) is 14.7. The van der Waals surface area contributed by atoms with Crippen LogP contribution >= 0.6 is 0 Å². The number of unbranched alkanes of at least 4 members (excludes halogenated alkanes) is 6. The average Bonchev–Trinajstić information content (AvgIpc) is 2.82. The Hall–Kier alpha value is -1.17. The van der Waals surface area contributed by atoms with Crippen LogP contribution < -0.4 is 0 Å². The van der Waals surface area contributed by atoms with Crippen LogP contribution in [0.1, 0.15) is 131 Å². The molecule has 0 amide bonds. The predicted molar refractivity (Wildman–Crippen MR) is 149 cm³/mol. The molecule has 1 heterocycles. The first-order valence-corrected chi connectivity index (χ1v) is 14.7. The topological polar surface area (TPSA) is 65.0 Å². The maximum absolute atomic E-state index is 13.0. The van der Waals surface area contributed by atoms with E-state index in [9.17, 15) is 9.90 Å². The molecule has 0 bridgehead atoms. The summed E-state index contributed by atoms with van der Waals surface area (Å²) in [6.07, 6.45) is 22.4. The Bertz CT molecular complexity index is 601. The maximum atomic E-state index is 13.0. The van der Waals surface area contributed by atoms with Crippen LogP contribution in [0.2, 0.25) is 0 Å². The number of hydrogen-bond acceptors (Lipinski definition) is 5. The zero-order chi connectivity index (χ0) is 26.7. The summed E-state index contributed by atoms with van der Waals surface area (Å²) < 4.78 is 17.8. The van der Waals surface area contributed by atoms with E-state index in [-0.39, 0.29) is 18.4 Å². The summed E-state index contributed by atoms with van der Waals surface area (Å²) in [6.45, 7) is 10.7. The lowest BCUT2D eigenvalue weighted by Gasteiger charge is -2.31. The number of allylic oxidation sites excluding steroid dienone is 3. The minimum Gasteiger partial charge on any atom is -0.460 e. The number of aliphatic hydroxyl groups is 1. The molecule has 1 fully saturated rings. The molecule has 1 rings (SSSR count). The van der Waals surface area contributed by atoms with Gasteiger partial charge in [0.25, 0.3) is 0 Å². The molecule has 0 radical (unpaired) electrons. The third-order valence-electron chi connectivity index (χ3n) is 6.51. The average molecular weight is 509 g/mol. The second kappa shape index (κ2) is 19.9. The lowest BCUT2D eigenvalue weighted by atomic mass is 9.90. The van der Waals surface area contributed by atoms with E-state index in [2.05, 4.69) is 38.2 Å². The molecule has 4 atom stereocenters. The van der Waals surface area contributed by atoms with Crippen LogP contribution in [0.25, 0.3) is 0 Å². The van der Waals surface area contributed by atoms with Crippen LogP contribution in [0.15, 0.2) is 24.3 Å². The lowest BCUT2D eigenvalue weighted by Crippen LogP contribution is -2.38. The summed E-state index contributed by atoms with van der Waals surface area (Å²) in [6, 6.07) is 0. The Balaban J connectivity index is 2.76. The molecular formula is C31H56O5. The summed E-state index contributed by atoms with van der Waals surface area (Å²) >= 11 is 0. The zero-order valence-corrected chi connectivity index (χ0v) is 24.0. The molecule has 1 saturated heterocycles. The lowest BCUT2D eigenvalue weighted by molar-refractivity contribution is -0.194. The van der Waals surface area contributed by atoms with Crippen molar-refractivity contribution in [2.45, 2.75) is 155 Å². The highest BCUT2D eigenvalue weighted by Gasteiger charge is 2.33. The van der Waals surface area contributed by atoms with E-state index in [4.69, 9.17) is 14.2 Å². The van der Waals surface area contributed by atoms with E-state index < -0.39 is 17.6 Å². The van der Waals surface area contributed by atoms with E-state index >= 15 is 0 Å². The van der Waals surface area contributed by atoms with Gasteiger partial charge in [0.2, 0.25) is 0 Å². The van der Waals surface area contributed by atoms with E-state index in [1.54, 1.807) is 0 Å². The fourth-order valence-electron chi connectivity index (χ4n) is 4.46. The van der Waals surface area contributed by atoms with Crippen LogP contribution in [-0.2, 0) is 19.0 Å². The number of ether oxygens (including phenoxy) is 3.